The van der Waals surface area contributed by atoms with Crippen molar-refractivity contribution < 1.29 is 14.3 Å². The molecular weight excluding hydrogens is 356 g/mol. The summed E-state index contributed by atoms with van der Waals surface area (Å²) in [5, 5.41) is 3.02. The number of amides is 2. The molecule has 0 saturated carbocycles. The van der Waals surface area contributed by atoms with Crippen LogP contribution < -0.4 is 5.32 Å². The van der Waals surface area contributed by atoms with Gasteiger partial charge in [0.2, 0.25) is 0 Å². The number of imidazole rings is 1. The van der Waals surface area contributed by atoms with Crippen molar-refractivity contribution in [2.45, 2.75) is 39.7 Å². The number of anilines is 1. The highest BCUT2D eigenvalue weighted by Gasteiger charge is 2.30. The molecule has 28 heavy (non-hydrogen) atoms. The predicted molar refractivity (Wildman–Crippen MR) is 106 cm³/mol. The number of aryl methyl sites for hydroxylation is 2. The lowest BCUT2D eigenvalue weighted by atomic mass is 10.1. The Morgan fingerprint density at radius 3 is 2.50 bits per heavy atom. The van der Waals surface area contributed by atoms with Crippen LogP contribution >= 0.6 is 0 Å². The van der Waals surface area contributed by atoms with Crippen LogP contribution in [0.5, 0.6) is 0 Å². The number of hydrogen-bond donors (Lipinski definition) is 1. The van der Waals surface area contributed by atoms with Crippen molar-refractivity contribution in [2.24, 2.45) is 0 Å². The van der Waals surface area contributed by atoms with E-state index in [1.54, 1.807) is 4.90 Å². The van der Waals surface area contributed by atoms with Gasteiger partial charge in [0.15, 0.2) is 11.5 Å². The highest BCUT2D eigenvalue weighted by atomic mass is 16.5. The average molecular weight is 382 g/mol. The summed E-state index contributed by atoms with van der Waals surface area (Å²) in [5.41, 5.74) is 4.06. The topological polar surface area (TPSA) is 76.5 Å². The van der Waals surface area contributed by atoms with E-state index in [0.717, 1.165) is 48.3 Å². The summed E-state index contributed by atoms with van der Waals surface area (Å²) < 4.78 is 7.29. The molecule has 2 aliphatic heterocycles. The quantitative estimate of drug-likeness (QED) is 0.885. The summed E-state index contributed by atoms with van der Waals surface area (Å²) >= 11 is 0. The van der Waals surface area contributed by atoms with Gasteiger partial charge in [-0.25, -0.2) is 4.98 Å². The smallest absolute Gasteiger partial charge is 0.290 e. The van der Waals surface area contributed by atoms with Crippen LogP contribution in [0.15, 0.2) is 18.2 Å². The molecule has 1 fully saturated rings. The molecule has 2 aromatic rings. The van der Waals surface area contributed by atoms with Crippen molar-refractivity contribution in [3.8, 4) is 0 Å². The Morgan fingerprint density at radius 2 is 1.79 bits per heavy atom. The average Bonchev–Trinajstić information content (AvgIpc) is 3.11. The second-order valence-corrected chi connectivity index (χ2v) is 7.46. The van der Waals surface area contributed by atoms with Crippen LogP contribution in [-0.2, 0) is 17.7 Å². The number of carbonyl (C=O) groups is 2. The van der Waals surface area contributed by atoms with E-state index < -0.39 is 0 Å². The summed E-state index contributed by atoms with van der Waals surface area (Å²) in [5.74, 6) is 0.0184. The van der Waals surface area contributed by atoms with Gasteiger partial charge in [-0.3, -0.25) is 9.59 Å². The zero-order valence-electron chi connectivity index (χ0n) is 16.5. The van der Waals surface area contributed by atoms with E-state index in [-0.39, 0.29) is 11.8 Å². The van der Waals surface area contributed by atoms with Crippen molar-refractivity contribution in [1.29, 1.82) is 0 Å². The molecule has 3 heterocycles. The number of para-hydroxylation sites is 1. The van der Waals surface area contributed by atoms with Crippen LogP contribution in [0.1, 0.15) is 50.8 Å². The number of morpholine rings is 1. The van der Waals surface area contributed by atoms with Crippen LogP contribution in [0.3, 0.4) is 0 Å². The first-order valence-electron chi connectivity index (χ1n) is 9.90. The lowest BCUT2D eigenvalue weighted by Gasteiger charge is -2.27. The summed E-state index contributed by atoms with van der Waals surface area (Å²) in [4.78, 5) is 32.4. The molecule has 4 rings (SSSR count). The van der Waals surface area contributed by atoms with Crippen LogP contribution in [0, 0.1) is 13.8 Å². The number of nitrogens with zero attached hydrogens (tertiary/aromatic N) is 3. The minimum Gasteiger partial charge on any atom is -0.378 e. The first-order valence-corrected chi connectivity index (χ1v) is 9.90. The predicted octanol–water partition coefficient (Wildman–Crippen LogP) is 2.56. The van der Waals surface area contributed by atoms with E-state index in [9.17, 15) is 9.59 Å². The Morgan fingerprint density at radius 1 is 1.07 bits per heavy atom. The Labute approximate surface area is 164 Å². The normalized spacial score (nSPS) is 16.6. The van der Waals surface area contributed by atoms with Gasteiger partial charge in [0.25, 0.3) is 11.8 Å². The van der Waals surface area contributed by atoms with E-state index in [2.05, 4.69) is 10.3 Å². The Bertz CT molecular complexity index is 892. The third-order valence-corrected chi connectivity index (χ3v) is 5.54. The van der Waals surface area contributed by atoms with Gasteiger partial charge >= 0.3 is 0 Å². The molecule has 7 heteroatoms. The third-order valence-electron chi connectivity index (χ3n) is 5.54. The van der Waals surface area contributed by atoms with Crippen LogP contribution in [0.4, 0.5) is 5.69 Å². The number of aromatic nitrogens is 2. The van der Waals surface area contributed by atoms with E-state index in [4.69, 9.17) is 4.74 Å². The van der Waals surface area contributed by atoms with E-state index in [1.807, 2.05) is 36.6 Å². The molecule has 1 saturated heterocycles. The van der Waals surface area contributed by atoms with Crippen molar-refractivity contribution in [3.05, 3.63) is 46.5 Å². The fraction of sp³-hybridized carbons (Fsp3) is 0.476. The highest BCUT2D eigenvalue weighted by molar-refractivity contribution is 6.05. The fourth-order valence-corrected chi connectivity index (χ4v) is 3.98. The minimum absolute atomic E-state index is 0.113. The van der Waals surface area contributed by atoms with Crippen molar-refractivity contribution in [2.75, 3.05) is 31.6 Å². The number of ether oxygens (including phenoxy) is 1. The summed E-state index contributed by atoms with van der Waals surface area (Å²) in [7, 11) is 0. The first kappa shape index (κ1) is 18.7. The number of carbonyl (C=O) groups excluding carboxylic acids is 2. The summed E-state index contributed by atoms with van der Waals surface area (Å²) in [6.07, 6.45) is 2.75. The van der Waals surface area contributed by atoms with Crippen molar-refractivity contribution in [3.63, 3.8) is 0 Å². The molecule has 1 aromatic heterocycles. The molecule has 0 aliphatic carbocycles. The van der Waals surface area contributed by atoms with Gasteiger partial charge in [0, 0.05) is 25.3 Å². The van der Waals surface area contributed by atoms with Gasteiger partial charge < -0.3 is 19.5 Å². The zero-order valence-corrected chi connectivity index (χ0v) is 16.5. The second-order valence-electron chi connectivity index (χ2n) is 7.46. The number of rotatable bonds is 3. The SMILES string of the molecule is Cc1cccc(C)c1NC(=O)c1nc(C(=O)N2CCOCC2)n2c1CCCC2. The van der Waals surface area contributed by atoms with Crippen LogP contribution in [0.2, 0.25) is 0 Å². The fourth-order valence-electron chi connectivity index (χ4n) is 3.98. The van der Waals surface area contributed by atoms with Crippen molar-refractivity contribution in [1.82, 2.24) is 14.5 Å². The molecule has 0 spiro atoms. The van der Waals surface area contributed by atoms with Gasteiger partial charge in [-0.15, -0.1) is 0 Å². The number of nitrogens with one attached hydrogen (secondary N) is 1. The Hall–Kier alpha value is -2.67. The van der Waals surface area contributed by atoms with Gasteiger partial charge in [-0.1, -0.05) is 18.2 Å². The maximum atomic E-state index is 13.1. The van der Waals surface area contributed by atoms with Gasteiger partial charge in [0.05, 0.1) is 18.9 Å². The lowest BCUT2D eigenvalue weighted by Crippen LogP contribution is -2.42. The van der Waals surface area contributed by atoms with E-state index in [1.165, 1.54) is 0 Å². The van der Waals surface area contributed by atoms with E-state index in [0.29, 0.717) is 37.8 Å². The molecule has 0 radical (unpaired) electrons. The maximum Gasteiger partial charge on any atom is 0.290 e. The lowest BCUT2D eigenvalue weighted by molar-refractivity contribution is 0.0291. The molecule has 148 valence electrons. The molecule has 1 N–H and O–H groups in total. The third kappa shape index (κ3) is 3.42. The van der Waals surface area contributed by atoms with Gasteiger partial charge in [-0.05, 0) is 44.2 Å². The molecule has 2 amide bonds. The first-order chi connectivity index (χ1) is 13.6. The van der Waals surface area contributed by atoms with Gasteiger partial charge in [0.1, 0.15) is 0 Å². The maximum absolute atomic E-state index is 13.1. The van der Waals surface area contributed by atoms with Crippen LogP contribution in [0.25, 0.3) is 0 Å². The molecule has 7 nitrogen and oxygen atoms in total. The summed E-state index contributed by atoms with van der Waals surface area (Å²) in [6.45, 7) is 6.87. The van der Waals surface area contributed by atoms with Gasteiger partial charge in [-0.2, -0.15) is 0 Å². The van der Waals surface area contributed by atoms with Crippen LogP contribution in [-0.4, -0.2) is 52.6 Å². The second kappa shape index (κ2) is 7.75. The molecule has 0 atom stereocenters. The molecule has 2 aliphatic rings. The molecule has 0 bridgehead atoms. The zero-order chi connectivity index (χ0) is 19.7. The molecule has 0 unspecified atom stereocenters. The standard InChI is InChI=1S/C21H26N4O3/c1-14-6-5-7-15(2)17(14)23-20(26)18-16-8-3-4-9-25(16)19(22-18)21(27)24-10-12-28-13-11-24/h5-7H,3-4,8-13H2,1-2H3,(H,23,26). The molecule has 1 aromatic carbocycles. The number of hydrogen-bond acceptors (Lipinski definition) is 4. The molecular formula is C21H26N4O3. The number of benzene rings is 1. The summed E-state index contributed by atoms with van der Waals surface area (Å²) in [6, 6.07) is 5.91. The monoisotopic (exact) mass is 382 g/mol. The van der Waals surface area contributed by atoms with Crippen molar-refractivity contribution >= 4 is 17.5 Å². The Kier molecular flexibility index (Phi) is 5.17. The minimum atomic E-state index is -0.246. The largest absolute Gasteiger partial charge is 0.378 e. The highest BCUT2D eigenvalue weighted by Crippen LogP contribution is 2.25. The number of fused-ring (bicyclic) bond motifs is 1. The van der Waals surface area contributed by atoms with E-state index >= 15 is 0 Å². The Balaban J connectivity index is 1.66.